The molecular weight excluding hydrogens is 297 g/mol. The Morgan fingerprint density at radius 2 is 2.04 bits per heavy atom. The molecule has 0 saturated carbocycles. The number of hydrogen-bond acceptors (Lipinski definition) is 4. The summed E-state index contributed by atoms with van der Waals surface area (Å²) in [5.41, 5.74) is 1.90. The summed E-state index contributed by atoms with van der Waals surface area (Å²) in [5.74, 6) is 0.566. The molecule has 4 nitrogen and oxygen atoms in total. The summed E-state index contributed by atoms with van der Waals surface area (Å²) >= 11 is 0. The molecule has 23 heavy (non-hydrogen) atoms. The van der Waals surface area contributed by atoms with Crippen LogP contribution in [0.15, 0.2) is 42.5 Å². The fourth-order valence-electron chi connectivity index (χ4n) is 2.16. The van der Waals surface area contributed by atoms with Crippen molar-refractivity contribution in [2.45, 2.75) is 19.6 Å². The van der Waals surface area contributed by atoms with Gasteiger partial charge in [-0.3, -0.25) is 0 Å². The second kappa shape index (κ2) is 8.50. The Morgan fingerprint density at radius 3 is 2.74 bits per heavy atom. The largest absolute Gasteiger partial charge is 0.494 e. The zero-order valence-corrected chi connectivity index (χ0v) is 13.4. The molecule has 0 bridgehead atoms. The first-order chi connectivity index (χ1) is 11.1. The van der Waals surface area contributed by atoms with Crippen molar-refractivity contribution in [2.75, 3.05) is 20.3 Å². The molecule has 1 unspecified atom stereocenters. The summed E-state index contributed by atoms with van der Waals surface area (Å²) in [6.07, 6.45) is -0.640. The minimum Gasteiger partial charge on any atom is -0.494 e. The molecule has 2 N–H and O–H groups in total. The Morgan fingerprint density at radius 1 is 1.22 bits per heavy atom. The maximum absolute atomic E-state index is 13.6. The van der Waals surface area contributed by atoms with E-state index in [0.717, 1.165) is 16.9 Å². The van der Waals surface area contributed by atoms with Gasteiger partial charge in [-0.2, -0.15) is 0 Å². The normalized spacial score (nSPS) is 12.0. The molecule has 0 amide bonds. The van der Waals surface area contributed by atoms with Crippen LogP contribution in [0, 0.1) is 12.7 Å². The van der Waals surface area contributed by atoms with Crippen molar-refractivity contribution in [1.29, 1.82) is 0 Å². The third-order valence-electron chi connectivity index (χ3n) is 3.36. The number of hydrogen-bond donors (Lipinski definition) is 2. The van der Waals surface area contributed by atoms with E-state index in [1.165, 1.54) is 13.2 Å². The average Bonchev–Trinajstić information content (AvgIpc) is 2.53. The number of benzene rings is 2. The van der Waals surface area contributed by atoms with Crippen molar-refractivity contribution < 1.29 is 19.0 Å². The first-order valence-corrected chi connectivity index (χ1v) is 7.49. The van der Waals surface area contributed by atoms with Gasteiger partial charge in [-0.1, -0.05) is 18.2 Å². The third-order valence-corrected chi connectivity index (χ3v) is 3.36. The molecule has 5 heteroatoms. The summed E-state index contributed by atoms with van der Waals surface area (Å²) in [5, 5.41) is 13.0. The van der Waals surface area contributed by atoms with E-state index >= 15 is 0 Å². The average molecular weight is 319 g/mol. The van der Waals surface area contributed by atoms with Crippen molar-refractivity contribution in [1.82, 2.24) is 5.32 Å². The number of halogens is 1. The molecule has 0 heterocycles. The summed E-state index contributed by atoms with van der Waals surface area (Å²) < 4.78 is 24.0. The van der Waals surface area contributed by atoms with Crippen molar-refractivity contribution in [2.24, 2.45) is 0 Å². The molecule has 0 spiro atoms. The highest BCUT2D eigenvalue weighted by Crippen LogP contribution is 2.17. The smallest absolute Gasteiger partial charge is 0.165 e. The first-order valence-electron chi connectivity index (χ1n) is 7.49. The lowest BCUT2D eigenvalue weighted by molar-refractivity contribution is 0.106. The second-order valence-electron chi connectivity index (χ2n) is 5.38. The van der Waals surface area contributed by atoms with E-state index in [-0.39, 0.29) is 12.4 Å². The van der Waals surface area contributed by atoms with Crippen LogP contribution in [0.3, 0.4) is 0 Å². The lowest BCUT2D eigenvalue weighted by Crippen LogP contribution is -2.31. The summed E-state index contributed by atoms with van der Waals surface area (Å²) in [7, 11) is 1.43. The monoisotopic (exact) mass is 319 g/mol. The highest BCUT2D eigenvalue weighted by molar-refractivity contribution is 5.29. The standard InChI is InChI=1S/C18H22FNO3/c1-13-4-3-5-16(8-13)23-12-15(21)11-20-10-14-6-7-18(22-2)17(19)9-14/h3-9,15,20-21H,10-12H2,1-2H3. The van der Waals surface area contributed by atoms with E-state index in [1.54, 1.807) is 12.1 Å². The molecule has 0 aliphatic rings. The number of methoxy groups -OCH3 is 1. The van der Waals surface area contributed by atoms with E-state index in [0.29, 0.717) is 13.1 Å². The predicted octanol–water partition coefficient (Wildman–Crippen LogP) is 2.67. The van der Waals surface area contributed by atoms with Crippen LogP contribution in [0.2, 0.25) is 0 Å². The molecule has 0 saturated heterocycles. The molecule has 2 rings (SSSR count). The Kier molecular flexibility index (Phi) is 6.38. The number of aliphatic hydroxyl groups excluding tert-OH is 1. The van der Waals surface area contributed by atoms with E-state index < -0.39 is 11.9 Å². The first kappa shape index (κ1) is 17.2. The van der Waals surface area contributed by atoms with Crippen LogP contribution in [-0.4, -0.2) is 31.5 Å². The Labute approximate surface area is 135 Å². The van der Waals surface area contributed by atoms with Crippen molar-refractivity contribution >= 4 is 0 Å². The molecule has 0 aliphatic heterocycles. The van der Waals surface area contributed by atoms with Gasteiger partial charge in [-0.25, -0.2) is 4.39 Å². The Hall–Kier alpha value is -2.11. The van der Waals surface area contributed by atoms with Gasteiger partial charge in [0.2, 0.25) is 0 Å². The van der Waals surface area contributed by atoms with Gasteiger partial charge in [0.15, 0.2) is 11.6 Å². The van der Waals surface area contributed by atoms with E-state index in [4.69, 9.17) is 9.47 Å². The number of rotatable bonds is 8. The highest BCUT2D eigenvalue weighted by Gasteiger charge is 2.07. The van der Waals surface area contributed by atoms with Gasteiger partial charge in [0, 0.05) is 13.1 Å². The van der Waals surface area contributed by atoms with Crippen LogP contribution in [0.4, 0.5) is 4.39 Å². The molecule has 124 valence electrons. The lowest BCUT2D eigenvalue weighted by Gasteiger charge is -2.14. The summed E-state index contributed by atoms with van der Waals surface area (Å²) in [6, 6.07) is 12.5. The van der Waals surface area contributed by atoms with Crippen molar-refractivity contribution in [3.63, 3.8) is 0 Å². The maximum Gasteiger partial charge on any atom is 0.165 e. The topological polar surface area (TPSA) is 50.7 Å². The molecule has 2 aromatic rings. The SMILES string of the molecule is COc1ccc(CNCC(O)COc2cccc(C)c2)cc1F. The quantitative estimate of drug-likeness (QED) is 0.785. The van der Waals surface area contributed by atoms with Crippen LogP contribution in [0.5, 0.6) is 11.5 Å². The molecule has 0 aromatic heterocycles. The fraction of sp³-hybridized carbons (Fsp3) is 0.333. The number of aryl methyl sites for hydroxylation is 1. The van der Waals surface area contributed by atoms with Gasteiger partial charge in [0.1, 0.15) is 18.5 Å². The Balaban J connectivity index is 1.72. The minimum absolute atomic E-state index is 0.202. The zero-order chi connectivity index (χ0) is 16.7. The van der Waals surface area contributed by atoms with Gasteiger partial charge in [0.05, 0.1) is 7.11 Å². The van der Waals surface area contributed by atoms with E-state index in [9.17, 15) is 9.50 Å². The fourth-order valence-corrected chi connectivity index (χ4v) is 2.16. The van der Waals surface area contributed by atoms with E-state index in [1.807, 2.05) is 31.2 Å². The van der Waals surface area contributed by atoms with Gasteiger partial charge < -0.3 is 19.9 Å². The maximum atomic E-state index is 13.6. The van der Waals surface area contributed by atoms with Crippen LogP contribution >= 0.6 is 0 Å². The van der Waals surface area contributed by atoms with E-state index in [2.05, 4.69) is 5.32 Å². The van der Waals surface area contributed by atoms with Crippen molar-refractivity contribution in [3.05, 3.63) is 59.4 Å². The number of ether oxygens (including phenoxy) is 2. The van der Waals surface area contributed by atoms with Gasteiger partial charge in [0.25, 0.3) is 0 Å². The highest BCUT2D eigenvalue weighted by atomic mass is 19.1. The van der Waals surface area contributed by atoms with Crippen LogP contribution < -0.4 is 14.8 Å². The summed E-state index contributed by atoms with van der Waals surface area (Å²) in [6.45, 7) is 3.01. The van der Waals surface area contributed by atoms with Crippen molar-refractivity contribution in [3.8, 4) is 11.5 Å². The minimum atomic E-state index is -0.640. The molecule has 1 atom stereocenters. The van der Waals surface area contributed by atoms with Crippen LogP contribution in [-0.2, 0) is 6.54 Å². The van der Waals surface area contributed by atoms with Gasteiger partial charge in [-0.15, -0.1) is 0 Å². The predicted molar refractivity (Wildman–Crippen MR) is 87.3 cm³/mol. The third kappa shape index (κ3) is 5.54. The molecule has 0 aliphatic carbocycles. The number of nitrogens with one attached hydrogen (secondary N) is 1. The van der Waals surface area contributed by atoms with Crippen LogP contribution in [0.25, 0.3) is 0 Å². The van der Waals surface area contributed by atoms with Gasteiger partial charge >= 0.3 is 0 Å². The number of aliphatic hydroxyl groups is 1. The molecule has 2 aromatic carbocycles. The zero-order valence-electron chi connectivity index (χ0n) is 13.4. The van der Waals surface area contributed by atoms with Crippen LogP contribution in [0.1, 0.15) is 11.1 Å². The molecule has 0 fully saturated rings. The summed E-state index contributed by atoms with van der Waals surface area (Å²) in [4.78, 5) is 0. The second-order valence-corrected chi connectivity index (χ2v) is 5.38. The molecular formula is C18H22FNO3. The van der Waals surface area contributed by atoms with Gasteiger partial charge in [-0.05, 0) is 42.3 Å². The lowest BCUT2D eigenvalue weighted by atomic mass is 10.2. The Bertz CT molecular complexity index is 633. The molecule has 0 radical (unpaired) electrons.